The molecule has 3 rings (SSSR count). The number of methoxy groups -OCH3 is 1. The van der Waals surface area contributed by atoms with Gasteiger partial charge in [-0.05, 0) is 59.3 Å². The summed E-state index contributed by atoms with van der Waals surface area (Å²) in [5.74, 6) is -3.18. The number of hydrogen-bond acceptors (Lipinski definition) is 9. The first-order valence-electron chi connectivity index (χ1n) is 15.2. The number of hydrogen-bond donors (Lipinski definition) is 4. The van der Waals surface area contributed by atoms with Crippen LogP contribution in [-0.2, 0) is 33.9 Å². The van der Waals surface area contributed by atoms with Gasteiger partial charge in [0.05, 0.1) is 18.0 Å². The van der Waals surface area contributed by atoms with Crippen molar-refractivity contribution in [3.05, 3.63) is 25.3 Å². The minimum atomic E-state index is -3.87. The van der Waals surface area contributed by atoms with E-state index < -0.39 is 80.3 Å². The van der Waals surface area contributed by atoms with Gasteiger partial charge in [0.2, 0.25) is 21.8 Å². The van der Waals surface area contributed by atoms with Crippen molar-refractivity contribution in [1.29, 1.82) is 0 Å². The van der Waals surface area contributed by atoms with E-state index in [1.807, 2.05) is 0 Å². The number of nitrogens with one attached hydrogen (secondary N) is 3. The van der Waals surface area contributed by atoms with Crippen molar-refractivity contribution in [2.24, 2.45) is 11.8 Å². The van der Waals surface area contributed by atoms with Crippen LogP contribution in [0.4, 0.5) is 4.79 Å². The van der Waals surface area contributed by atoms with E-state index in [4.69, 9.17) is 9.47 Å². The number of sulfonamides is 1. The zero-order chi connectivity index (χ0) is 32.9. The Morgan fingerprint density at radius 2 is 1.84 bits per heavy atom. The second-order valence-electron chi connectivity index (χ2n) is 13.0. The fourth-order valence-electron chi connectivity index (χ4n) is 5.57. The highest BCUT2D eigenvalue weighted by atomic mass is 32.2. The first-order valence-corrected chi connectivity index (χ1v) is 16.7. The van der Waals surface area contributed by atoms with E-state index in [1.54, 1.807) is 26.8 Å². The SMILES string of the molecule is C=CCCCCC(COC)C(NC(=O)OC(C)(C)C)C(=O)N1CC(O)CC1C(=O)NC1(C(=O)NS(=O)(=O)C2CC2)CC1C=C. The molecule has 2 saturated carbocycles. The van der Waals surface area contributed by atoms with Crippen molar-refractivity contribution in [3.8, 4) is 0 Å². The van der Waals surface area contributed by atoms with Crippen molar-refractivity contribution in [2.75, 3.05) is 20.3 Å². The number of ether oxygens (including phenoxy) is 2. The molecule has 44 heavy (non-hydrogen) atoms. The summed E-state index contributed by atoms with van der Waals surface area (Å²) in [6.45, 7) is 12.5. The number of β-amino-alcohol motifs (C(OH)–C–C–N with tert-alkyl or cyclic N) is 1. The maximum Gasteiger partial charge on any atom is 0.408 e. The molecule has 1 heterocycles. The van der Waals surface area contributed by atoms with Gasteiger partial charge < -0.3 is 30.1 Å². The maximum atomic E-state index is 14.1. The summed E-state index contributed by atoms with van der Waals surface area (Å²) < 4.78 is 37.9. The lowest BCUT2D eigenvalue weighted by molar-refractivity contribution is -0.142. The zero-order valence-corrected chi connectivity index (χ0v) is 27.0. The molecule has 4 N–H and O–H groups in total. The van der Waals surface area contributed by atoms with Crippen LogP contribution in [0.1, 0.15) is 72.1 Å². The van der Waals surface area contributed by atoms with Crippen LogP contribution in [0.3, 0.4) is 0 Å². The maximum absolute atomic E-state index is 14.1. The van der Waals surface area contributed by atoms with Crippen LogP contribution in [-0.4, -0.2) is 97.1 Å². The molecule has 3 aliphatic rings. The van der Waals surface area contributed by atoms with Gasteiger partial charge in [-0.2, -0.15) is 0 Å². The standard InChI is InChI=1S/C30H48N4O9S/c1-7-9-10-11-12-19(18-42-6)24(31-28(39)43-29(3,4)5)26(37)34-17-21(35)15-23(34)25(36)32-30(16-20(30)8-2)27(38)33-44(40,41)22-13-14-22/h7-8,19-24,35H,1-2,9-18H2,3-6H3,(H,31,39)(H,32,36)(H,33,38). The third-order valence-electron chi connectivity index (χ3n) is 8.14. The number of carbonyl (C=O) groups is 4. The zero-order valence-electron chi connectivity index (χ0n) is 26.2. The Kier molecular flexibility index (Phi) is 11.6. The van der Waals surface area contributed by atoms with E-state index in [9.17, 15) is 32.7 Å². The van der Waals surface area contributed by atoms with Gasteiger partial charge in [-0.25, -0.2) is 13.2 Å². The summed E-state index contributed by atoms with van der Waals surface area (Å²) >= 11 is 0. The van der Waals surface area contributed by atoms with E-state index in [1.165, 1.54) is 18.1 Å². The minimum Gasteiger partial charge on any atom is -0.444 e. The van der Waals surface area contributed by atoms with Gasteiger partial charge in [0.15, 0.2) is 0 Å². The highest BCUT2D eigenvalue weighted by Crippen LogP contribution is 2.45. The quantitative estimate of drug-likeness (QED) is 0.144. The lowest BCUT2D eigenvalue weighted by atomic mass is 9.92. The molecule has 0 radical (unpaired) electrons. The molecular weight excluding hydrogens is 592 g/mol. The Balaban J connectivity index is 1.84. The fourth-order valence-corrected chi connectivity index (χ4v) is 6.94. The summed E-state index contributed by atoms with van der Waals surface area (Å²) in [6.07, 6.45) is 5.19. The normalized spacial score (nSPS) is 26.2. The predicted octanol–water partition coefficient (Wildman–Crippen LogP) is 1.52. The smallest absolute Gasteiger partial charge is 0.408 e. The number of alkyl carbamates (subject to hydrolysis) is 1. The fraction of sp³-hybridized carbons (Fsp3) is 0.733. The summed E-state index contributed by atoms with van der Waals surface area (Å²) in [5.41, 5.74) is -2.38. The van der Waals surface area contributed by atoms with Gasteiger partial charge in [0.1, 0.15) is 23.2 Å². The van der Waals surface area contributed by atoms with E-state index in [0.717, 1.165) is 19.3 Å². The number of allylic oxidation sites excluding steroid dienone is 1. The largest absolute Gasteiger partial charge is 0.444 e. The Hall–Kier alpha value is -2.97. The molecule has 6 atom stereocenters. The van der Waals surface area contributed by atoms with E-state index in [-0.39, 0.29) is 26.0 Å². The van der Waals surface area contributed by atoms with Crippen LogP contribution in [0.5, 0.6) is 0 Å². The molecule has 14 heteroatoms. The van der Waals surface area contributed by atoms with Gasteiger partial charge >= 0.3 is 6.09 Å². The van der Waals surface area contributed by atoms with Crippen LogP contribution >= 0.6 is 0 Å². The van der Waals surface area contributed by atoms with Gasteiger partial charge in [-0.3, -0.25) is 19.1 Å². The first kappa shape index (κ1) is 35.5. The lowest BCUT2D eigenvalue weighted by Gasteiger charge is -2.33. The highest BCUT2D eigenvalue weighted by molar-refractivity contribution is 7.91. The van der Waals surface area contributed by atoms with E-state index >= 15 is 0 Å². The van der Waals surface area contributed by atoms with Gasteiger partial charge in [0.25, 0.3) is 5.91 Å². The molecule has 248 valence electrons. The molecule has 2 aliphatic carbocycles. The van der Waals surface area contributed by atoms with Gasteiger partial charge in [0, 0.05) is 31.9 Å². The predicted molar refractivity (Wildman–Crippen MR) is 163 cm³/mol. The number of aliphatic hydroxyl groups is 1. The van der Waals surface area contributed by atoms with Crippen molar-refractivity contribution >= 4 is 33.8 Å². The summed E-state index contributed by atoms with van der Waals surface area (Å²) in [5, 5.41) is 15.3. The number of likely N-dealkylation sites (tertiary alicyclic amines) is 1. The molecule has 4 amide bonds. The highest BCUT2D eigenvalue weighted by Gasteiger charge is 2.62. The van der Waals surface area contributed by atoms with Crippen LogP contribution < -0.4 is 15.4 Å². The third kappa shape index (κ3) is 9.04. The van der Waals surface area contributed by atoms with Crippen LogP contribution in [0.25, 0.3) is 0 Å². The van der Waals surface area contributed by atoms with Crippen molar-refractivity contribution in [3.63, 3.8) is 0 Å². The Labute approximate surface area is 260 Å². The Morgan fingerprint density at radius 1 is 1.16 bits per heavy atom. The van der Waals surface area contributed by atoms with Crippen molar-refractivity contribution < 1.29 is 42.2 Å². The monoisotopic (exact) mass is 640 g/mol. The minimum absolute atomic E-state index is 0.109. The molecule has 1 aliphatic heterocycles. The molecule has 0 spiro atoms. The molecule has 0 aromatic rings. The Bertz CT molecular complexity index is 1210. The second-order valence-corrected chi connectivity index (χ2v) is 15.0. The van der Waals surface area contributed by atoms with Crippen LogP contribution in [0.2, 0.25) is 0 Å². The molecule has 0 aromatic heterocycles. The van der Waals surface area contributed by atoms with Gasteiger partial charge in [-0.1, -0.05) is 18.6 Å². The number of nitrogens with zero attached hydrogens (tertiary/aromatic N) is 1. The number of unbranched alkanes of at least 4 members (excludes halogenated alkanes) is 2. The van der Waals surface area contributed by atoms with Crippen LogP contribution in [0.15, 0.2) is 25.3 Å². The van der Waals surface area contributed by atoms with E-state index in [2.05, 4.69) is 28.5 Å². The summed E-state index contributed by atoms with van der Waals surface area (Å²) in [6, 6.07) is -2.32. The average Bonchev–Trinajstić information content (AvgIpc) is 3.85. The first-order chi connectivity index (χ1) is 20.6. The lowest BCUT2D eigenvalue weighted by Crippen LogP contribution is -2.59. The molecule has 3 fully saturated rings. The number of aliphatic hydroxyl groups excluding tert-OH is 1. The summed E-state index contributed by atoms with van der Waals surface area (Å²) in [7, 11) is -2.38. The van der Waals surface area contributed by atoms with Crippen LogP contribution in [0, 0.1) is 11.8 Å². The number of rotatable bonds is 16. The molecule has 6 unspecified atom stereocenters. The molecule has 1 saturated heterocycles. The molecular formula is C30H48N4O9S. The summed E-state index contributed by atoms with van der Waals surface area (Å²) in [4.78, 5) is 55.1. The topological polar surface area (TPSA) is 180 Å². The average molecular weight is 641 g/mol. The molecule has 13 nitrogen and oxygen atoms in total. The molecule has 0 bridgehead atoms. The van der Waals surface area contributed by atoms with Gasteiger partial charge in [-0.15, -0.1) is 13.2 Å². The second kappa shape index (κ2) is 14.4. The van der Waals surface area contributed by atoms with E-state index in [0.29, 0.717) is 19.3 Å². The molecule has 0 aromatic carbocycles. The van der Waals surface area contributed by atoms with Crippen molar-refractivity contribution in [2.45, 2.75) is 107 Å². The third-order valence-corrected chi connectivity index (χ3v) is 9.96. The number of carbonyl (C=O) groups excluding carboxylic acids is 4. The van der Waals surface area contributed by atoms with Crippen molar-refractivity contribution in [1.82, 2.24) is 20.3 Å². The number of amides is 4. The Morgan fingerprint density at radius 3 is 2.39 bits per heavy atom.